The van der Waals surface area contributed by atoms with E-state index in [2.05, 4.69) is 54.7 Å². The van der Waals surface area contributed by atoms with Crippen LogP contribution in [0.1, 0.15) is 58.8 Å². The molecule has 19 heteroatoms. The molecule has 44 heavy (non-hydrogen) atoms. The van der Waals surface area contributed by atoms with Crippen LogP contribution in [0.4, 0.5) is 4.79 Å². The Morgan fingerprint density at radius 3 is 2.23 bits per heavy atom. The van der Waals surface area contributed by atoms with E-state index in [1.807, 2.05) is 5.32 Å². The maximum atomic E-state index is 12.6. The molecule has 0 aliphatic carbocycles. The van der Waals surface area contributed by atoms with E-state index in [-0.39, 0.29) is 18.6 Å². The Kier molecular flexibility index (Phi) is 20.5. The Hall–Kier alpha value is -2.75. The average Bonchev–Trinajstić information content (AvgIpc) is 2.90. The first-order valence-electron chi connectivity index (χ1n) is 12.8. The minimum atomic E-state index is -5.62. The summed E-state index contributed by atoms with van der Waals surface area (Å²) in [7, 11) is -15.8. The van der Waals surface area contributed by atoms with Crippen LogP contribution in [0.5, 0.6) is 0 Å². The third-order valence-corrected chi connectivity index (χ3v) is 9.17. The summed E-state index contributed by atoms with van der Waals surface area (Å²) < 4.78 is 41.5. The monoisotopic (exact) mass is 680 g/mol. The first-order chi connectivity index (χ1) is 20.6. The number of aliphatic hydroxyl groups is 1. The molecule has 0 aliphatic heterocycles. The largest absolute Gasteiger partial charge is 0.521 e. The maximum absolute atomic E-state index is 12.6. The van der Waals surface area contributed by atoms with Gasteiger partial charge in [-0.1, -0.05) is 17.8 Å². The van der Waals surface area contributed by atoms with Crippen molar-refractivity contribution in [2.24, 2.45) is 0 Å². The SMILES string of the molecule is C#CCCCCC#C/C(=C/NC#CC)C(=O)NC(=O)OC(CN[P+](O)(OCCCCC#C)OP(=O)(O)OP(=O)(O)O)[C@@H](C)O. The highest BCUT2D eigenvalue weighted by atomic mass is 31.3. The third-order valence-electron chi connectivity index (χ3n) is 4.66. The molecular formula is C25H37N3O13P3+. The van der Waals surface area contributed by atoms with Gasteiger partial charge in [-0.25, -0.2) is 13.9 Å². The fourth-order valence-electron chi connectivity index (χ4n) is 2.68. The van der Waals surface area contributed by atoms with Crippen molar-refractivity contribution >= 4 is 35.7 Å². The van der Waals surface area contributed by atoms with Crippen LogP contribution in [0.3, 0.4) is 0 Å². The molecular weight excluding hydrogens is 643 g/mol. The first-order valence-corrected chi connectivity index (χ1v) is 17.4. The van der Waals surface area contributed by atoms with E-state index in [0.29, 0.717) is 32.1 Å². The van der Waals surface area contributed by atoms with Crippen LogP contribution in [-0.4, -0.2) is 62.0 Å². The number of carbonyl (C=O) groups is 2. The van der Waals surface area contributed by atoms with Crippen LogP contribution < -0.4 is 15.7 Å². The van der Waals surface area contributed by atoms with E-state index in [4.69, 9.17) is 31.9 Å². The second kappa shape index (κ2) is 21.9. The fourth-order valence-corrected chi connectivity index (χ4v) is 6.56. The van der Waals surface area contributed by atoms with Gasteiger partial charge in [-0.15, -0.1) is 29.8 Å². The number of phosphoric acid groups is 2. The number of hydrogen-bond donors (Lipinski definition) is 8. The van der Waals surface area contributed by atoms with Gasteiger partial charge in [0, 0.05) is 31.5 Å². The summed E-state index contributed by atoms with van der Waals surface area (Å²) in [5.74, 6) is 11.8. The molecule has 0 aromatic heterocycles. The molecule has 0 aliphatic rings. The zero-order chi connectivity index (χ0) is 33.7. The molecule has 0 fully saturated rings. The van der Waals surface area contributed by atoms with Gasteiger partial charge in [0.1, 0.15) is 11.7 Å². The van der Waals surface area contributed by atoms with Crippen molar-refractivity contribution < 1.29 is 61.3 Å². The Balaban J connectivity index is 5.60. The Morgan fingerprint density at radius 2 is 1.66 bits per heavy atom. The lowest BCUT2D eigenvalue weighted by atomic mass is 10.2. The summed E-state index contributed by atoms with van der Waals surface area (Å²) in [6.07, 6.45) is 10.6. The number of ether oxygens (including phenoxy) is 1. The third kappa shape index (κ3) is 21.0. The van der Waals surface area contributed by atoms with Crippen molar-refractivity contribution in [3.63, 3.8) is 0 Å². The first kappa shape index (κ1) is 41.2. The molecule has 0 rings (SSSR count). The number of rotatable bonds is 19. The number of terminal acetylenes is 2. The summed E-state index contributed by atoms with van der Waals surface area (Å²) in [4.78, 5) is 63.3. The lowest BCUT2D eigenvalue weighted by Crippen LogP contribution is -2.43. The van der Waals surface area contributed by atoms with Gasteiger partial charge in [-0.2, -0.15) is 13.7 Å². The number of aliphatic hydroxyl groups excluding tert-OH is 1. The molecule has 2 amide bonds. The number of nitrogens with one attached hydrogen (secondary N) is 3. The van der Waals surface area contributed by atoms with Gasteiger partial charge in [0.25, 0.3) is 5.91 Å². The van der Waals surface area contributed by atoms with Crippen LogP contribution in [0.15, 0.2) is 11.8 Å². The van der Waals surface area contributed by atoms with Crippen LogP contribution in [0.2, 0.25) is 0 Å². The summed E-state index contributed by atoms with van der Waals surface area (Å²) in [6, 6.07) is 2.49. The molecule has 0 saturated carbocycles. The average molecular weight is 681 g/mol. The van der Waals surface area contributed by atoms with Crippen molar-refractivity contribution in [1.29, 1.82) is 0 Å². The molecule has 244 valence electrons. The molecule has 4 atom stereocenters. The molecule has 0 aromatic carbocycles. The Bertz CT molecular complexity index is 1280. The highest BCUT2D eigenvalue weighted by molar-refractivity contribution is 7.70. The van der Waals surface area contributed by atoms with E-state index >= 15 is 0 Å². The van der Waals surface area contributed by atoms with Gasteiger partial charge >= 0.3 is 29.8 Å². The van der Waals surface area contributed by atoms with E-state index in [1.165, 1.54) is 6.92 Å². The molecule has 0 bridgehead atoms. The second-order valence-corrected chi connectivity index (χ2v) is 13.3. The van der Waals surface area contributed by atoms with Crippen LogP contribution in [0.25, 0.3) is 0 Å². The van der Waals surface area contributed by atoms with Crippen LogP contribution in [-0.2, 0) is 31.8 Å². The van der Waals surface area contributed by atoms with Gasteiger partial charge < -0.3 is 24.9 Å². The second-order valence-electron chi connectivity index (χ2n) is 8.43. The molecule has 0 saturated heterocycles. The molecule has 0 spiro atoms. The van der Waals surface area contributed by atoms with Crippen molar-refractivity contribution in [3.05, 3.63) is 11.8 Å². The van der Waals surface area contributed by atoms with Crippen LogP contribution in [0, 0.1) is 48.5 Å². The zero-order valence-corrected chi connectivity index (χ0v) is 26.8. The van der Waals surface area contributed by atoms with Gasteiger partial charge in [0.05, 0.1) is 19.3 Å². The Morgan fingerprint density at radius 1 is 1.05 bits per heavy atom. The van der Waals surface area contributed by atoms with Crippen molar-refractivity contribution in [3.8, 4) is 48.5 Å². The van der Waals surface area contributed by atoms with Crippen molar-refractivity contribution in [2.45, 2.75) is 71.0 Å². The number of hydrogen-bond acceptors (Lipinski definition) is 12. The summed E-state index contributed by atoms with van der Waals surface area (Å²) in [6.45, 7) is 1.71. The topological polar surface area (TPSA) is 242 Å². The normalized spacial score (nSPS) is 15.2. The summed E-state index contributed by atoms with van der Waals surface area (Å²) in [5.41, 5.74) is -0.177. The number of alkyl carbamates (subject to hydrolysis) is 1. The molecule has 8 N–H and O–H groups in total. The van der Waals surface area contributed by atoms with Gasteiger partial charge in [-0.05, 0) is 43.8 Å². The smallest absolute Gasteiger partial charge is 0.442 e. The molecule has 0 heterocycles. The van der Waals surface area contributed by atoms with Crippen molar-refractivity contribution in [2.75, 3.05) is 13.2 Å². The summed E-state index contributed by atoms with van der Waals surface area (Å²) >= 11 is 0. The maximum Gasteiger partial charge on any atom is 0.521 e. The Labute approximate surface area is 257 Å². The van der Waals surface area contributed by atoms with E-state index in [0.717, 1.165) is 12.6 Å². The number of imide groups is 1. The van der Waals surface area contributed by atoms with Gasteiger partial charge in [0.2, 0.25) is 0 Å². The number of unbranched alkanes of at least 4 members (excludes halogenated alkanes) is 5. The minimum absolute atomic E-state index is 0.177. The number of amides is 2. The lowest BCUT2D eigenvalue weighted by molar-refractivity contribution is -0.116. The lowest BCUT2D eigenvalue weighted by Gasteiger charge is -2.23. The highest BCUT2D eigenvalue weighted by Crippen LogP contribution is 2.69. The molecule has 3 unspecified atom stereocenters. The quantitative estimate of drug-likeness (QED) is 0.0320. The van der Waals surface area contributed by atoms with E-state index < -0.39 is 54.5 Å². The van der Waals surface area contributed by atoms with E-state index in [1.54, 1.807) is 6.92 Å². The molecule has 0 radical (unpaired) electrons. The standard InChI is InChI=1S/C25H36N3O13P3/c1-5-8-10-12-13-14-16-22(19-26-17-7-3)24(30)28-25(31)39-23(21(4)29)20-27-42(32,38-18-15-11-9-6-2)40-44(36,37)41-43(33,34)35/h1-2,19,21,23,27,29,32H,8-13,15,18,20H2,3-4H3,(H4-,26,28,30,31,33,34,35,36,37)/p+1/t21-,23?,42?/m1/s1. The number of carbonyl (C=O) groups excluding carboxylic acids is 2. The van der Waals surface area contributed by atoms with Crippen molar-refractivity contribution in [1.82, 2.24) is 15.7 Å². The zero-order valence-electron chi connectivity index (χ0n) is 24.1. The van der Waals surface area contributed by atoms with Crippen LogP contribution >= 0.6 is 23.7 Å². The fraction of sp³-hybridized carbons (Fsp3) is 0.520. The molecule has 16 nitrogen and oxygen atoms in total. The predicted molar refractivity (Wildman–Crippen MR) is 160 cm³/mol. The van der Waals surface area contributed by atoms with E-state index in [9.17, 15) is 33.6 Å². The van der Waals surface area contributed by atoms with Gasteiger partial charge in [0.15, 0.2) is 0 Å². The predicted octanol–water partition coefficient (Wildman–Crippen LogP) is 1.95. The molecule has 0 aromatic rings. The van der Waals surface area contributed by atoms with Gasteiger partial charge in [-0.3, -0.25) is 15.0 Å². The minimum Gasteiger partial charge on any atom is -0.442 e. The summed E-state index contributed by atoms with van der Waals surface area (Å²) in [5, 5.41) is 16.7. The highest BCUT2D eigenvalue weighted by Gasteiger charge is 2.53.